The molecular formula is C25H29NO5. The molecule has 164 valence electrons. The number of Topliss-reactive ketones (excluding diaryl/α,β-unsaturated/α-hetero) is 1. The van der Waals surface area contributed by atoms with Crippen LogP contribution in [0.1, 0.15) is 66.9 Å². The van der Waals surface area contributed by atoms with Crippen molar-refractivity contribution < 1.29 is 19.0 Å². The van der Waals surface area contributed by atoms with Crippen molar-refractivity contribution in [3.8, 4) is 22.8 Å². The zero-order valence-corrected chi connectivity index (χ0v) is 18.4. The highest BCUT2D eigenvalue weighted by atomic mass is 16.5. The van der Waals surface area contributed by atoms with E-state index in [2.05, 4.69) is 10.6 Å². The summed E-state index contributed by atoms with van der Waals surface area (Å²) in [6.45, 7) is 2.67. The van der Waals surface area contributed by atoms with Crippen LogP contribution < -0.4 is 14.9 Å². The first-order chi connectivity index (χ1) is 15.0. The third kappa shape index (κ3) is 3.19. The molecule has 1 spiro atoms. The highest BCUT2D eigenvalue weighted by Gasteiger charge is 2.59. The summed E-state index contributed by atoms with van der Waals surface area (Å²) in [6, 6.07) is 6.03. The number of aromatic nitrogens is 1. The van der Waals surface area contributed by atoms with Crippen LogP contribution in [-0.2, 0) is 4.74 Å². The third-order valence-corrected chi connectivity index (χ3v) is 7.37. The molecule has 1 aromatic carbocycles. The summed E-state index contributed by atoms with van der Waals surface area (Å²) in [6.07, 6.45) is 7.32. The van der Waals surface area contributed by atoms with E-state index in [9.17, 15) is 9.59 Å². The molecule has 2 aliphatic carbocycles. The lowest BCUT2D eigenvalue weighted by atomic mass is 9.81. The zero-order chi connectivity index (χ0) is 21.8. The molecular weight excluding hydrogens is 394 g/mol. The monoisotopic (exact) mass is 423 g/mol. The molecule has 0 radical (unpaired) electrons. The van der Waals surface area contributed by atoms with Crippen LogP contribution in [0, 0.1) is 5.41 Å². The van der Waals surface area contributed by atoms with E-state index in [1.165, 1.54) is 31.7 Å². The fourth-order valence-corrected chi connectivity index (χ4v) is 5.72. The molecule has 1 aliphatic heterocycles. The smallest absolute Gasteiger partial charge is 0.192 e. The topological polar surface area (TPSA) is 66.8 Å². The van der Waals surface area contributed by atoms with E-state index in [1.807, 2.05) is 12.3 Å². The Bertz CT molecular complexity index is 1100. The van der Waals surface area contributed by atoms with Crippen LogP contribution in [0.5, 0.6) is 11.5 Å². The van der Waals surface area contributed by atoms with Gasteiger partial charge in [0.15, 0.2) is 22.7 Å². The van der Waals surface area contributed by atoms with E-state index in [4.69, 9.17) is 14.2 Å². The molecule has 1 aromatic heterocycles. The lowest BCUT2D eigenvalue weighted by Gasteiger charge is -2.37. The van der Waals surface area contributed by atoms with Crippen LogP contribution in [0.4, 0.5) is 0 Å². The van der Waals surface area contributed by atoms with Gasteiger partial charge in [0.25, 0.3) is 0 Å². The van der Waals surface area contributed by atoms with Gasteiger partial charge in [-0.25, -0.2) is 0 Å². The molecule has 3 aliphatic rings. The van der Waals surface area contributed by atoms with Gasteiger partial charge < -0.3 is 18.8 Å². The van der Waals surface area contributed by atoms with Crippen LogP contribution in [-0.4, -0.2) is 37.8 Å². The van der Waals surface area contributed by atoms with Gasteiger partial charge in [-0.05, 0) is 55.7 Å². The standard InChI is InChI=1S/C25H29NO5/c1-15(27)19-14-26-20(13-21(19)28)18-12-22(30-3)23(31-10-4-9-29-2)11-17(18)16-5-6-25(7-8-25)24(16)26/h11-14,16,24H,4-10H2,1-3H3/t16-,24+/m1/s1. The van der Waals surface area contributed by atoms with Crippen molar-refractivity contribution in [1.29, 1.82) is 0 Å². The van der Waals surface area contributed by atoms with E-state index in [-0.39, 0.29) is 22.8 Å². The number of rotatable bonds is 7. The summed E-state index contributed by atoms with van der Waals surface area (Å²) < 4.78 is 19.0. The van der Waals surface area contributed by atoms with E-state index in [0.717, 1.165) is 29.8 Å². The van der Waals surface area contributed by atoms with Gasteiger partial charge >= 0.3 is 0 Å². The second kappa shape index (κ2) is 7.52. The van der Waals surface area contributed by atoms with E-state index in [1.54, 1.807) is 20.3 Å². The molecule has 0 amide bonds. The number of fused-ring (bicyclic) bond motifs is 7. The predicted molar refractivity (Wildman–Crippen MR) is 117 cm³/mol. The van der Waals surface area contributed by atoms with Gasteiger partial charge in [0.05, 0.1) is 25.0 Å². The van der Waals surface area contributed by atoms with Crippen molar-refractivity contribution >= 4 is 5.78 Å². The Morgan fingerprint density at radius 3 is 2.61 bits per heavy atom. The fourth-order valence-electron chi connectivity index (χ4n) is 5.72. The van der Waals surface area contributed by atoms with Crippen molar-refractivity contribution in [2.24, 2.45) is 5.41 Å². The lowest BCUT2D eigenvalue weighted by molar-refractivity contribution is 0.101. The van der Waals surface area contributed by atoms with Crippen LogP contribution in [0.2, 0.25) is 0 Å². The Hall–Kier alpha value is -2.60. The average molecular weight is 424 g/mol. The van der Waals surface area contributed by atoms with Gasteiger partial charge in [0, 0.05) is 49.9 Å². The van der Waals surface area contributed by atoms with Crippen LogP contribution in [0.25, 0.3) is 11.3 Å². The number of carbonyl (C=O) groups is 1. The van der Waals surface area contributed by atoms with Crippen LogP contribution >= 0.6 is 0 Å². The Morgan fingerprint density at radius 2 is 1.94 bits per heavy atom. The van der Waals surface area contributed by atoms with Crippen molar-refractivity contribution in [1.82, 2.24) is 4.57 Å². The normalized spacial score (nSPS) is 21.9. The number of carbonyl (C=O) groups excluding carboxylic acids is 1. The minimum Gasteiger partial charge on any atom is -0.493 e. The van der Waals surface area contributed by atoms with Gasteiger partial charge in [-0.2, -0.15) is 0 Å². The average Bonchev–Trinajstić information content (AvgIpc) is 3.44. The highest BCUT2D eigenvalue weighted by molar-refractivity contribution is 5.94. The van der Waals surface area contributed by atoms with Crippen molar-refractivity contribution in [3.05, 3.63) is 45.7 Å². The second-order valence-corrected chi connectivity index (χ2v) is 9.14. The number of nitrogens with zero attached hydrogens (tertiary/aromatic N) is 1. The largest absolute Gasteiger partial charge is 0.493 e. The molecule has 2 heterocycles. The molecule has 0 unspecified atom stereocenters. The molecule has 5 rings (SSSR count). The second-order valence-electron chi connectivity index (χ2n) is 9.14. The zero-order valence-electron chi connectivity index (χ0n) is 18.4. The molecule has 2 saturated carbocycles. The SMILES string of the molecule is COCCCOc1cc2c(cc1OC)-c1cc(=O)c(C(C)=O)cn1[C@H]1[C@@H]2CCC12CC2. The summed E-state index contributed by atoms with van der Waals surface area (Å²) in [5.74, 6) is 1.56. The molecule has 0 bridgehead atoms. The van der Waals surface area contributed by atoms with E-state index >= 15 is 0 Å². The van der Waals surface area contributed by atoms with E-state index in [0.29, 0.717) is 30.3 Å². The first-order valence-corrected chi connectivity index (χ1v) is 11.1. The Kier molecular flexibility index (Phi) is 4.93. The maximum Gasteiger partial charge on any atom is 0.192 e. The molecule has 6 heteroatoms. The van der Waals surface area contributed by atoms with E-state index < -0.39 is 0 Å². The number of ether oxygens (including phenoxy) is 3. The molecule has 0 N–H and O–H groups in total. The summed E-state index contributed by atoms with van der Waals surface area (Å²) >= 11 is 0. The Balaban J connectivity index is 1.65. The summed E-state index contributed by atoms with van der Waals surface area (Å²) in [5, 5.41) is 0. The van der Waals surface area contributed by atoms with Crippen molar-refractivity contribution in [3.63, 3.8) is 0 Å². The minimum atomic E-state index is -0.218. The number of hydrogen-bond acceptors (Lipinski definition) is 5. The molecule has 2 aromatic rings. The van der Waals surface area contributed by atoms with Gasteiger partial charge in [-0.3, -0.25) is 9.59 Å². The minimum absolute atomic E-state index is 0.178. The molecule has 0 saturated heterocycles. The van der Waals surface area contributed by atoms with Gasteiger partial charge in [-0.1, -0.05) is 0 Å². The van der Waals surface area contributed by atoms with Crippen LogP contribution in [0.15, 0.2) is 29.2 Å². The highest BCUT2D eigenvalue weighted by Crippen LogP contribution is 2.70. The molecule has 2 fully saturated rings. The number of pyridine rings is 1. The summed E-state index contributed by atoms with van der Waals surface area (Å²) in [7, 11) is 3.32. The van der Waals surface area contributed by atoms with Gasteiger partial charge in [0.1, 0.15) is 0 Å². The first-order valence-electron chi connectivity index (χ1n) is 11.1. The molecule has 2 atom stereocenters. The summed E-state index contributed by atoms with van der Waals surface area (Å²) in [5.41, 5.74) is 3.46. The Morgan fingerprint density at radius 1 is 1.13 bits per heavy atom. The number of benzene rings is 1. The summed E-state index contributed by atoms with van der Waals surface area (Å²) in [4.78, 5) is 24.8. The molecule has 6 nitrogen and oxygen atoms in total. The maximum atomic E-state index is 12.7. The predicted octanol–water partition coefficient (Wildman–Crippen LogP) is 4.35. The number of ketones is 1. The maximum absolute atomic E-state index is 12.7. The number of hydrogen-bond donors (Lipinski definition) is 0. The fraction of sp³-hybridized carbons (Fsp3) is 0.520. The number of methoxy groups -OCH3 is 2. The quantitative estimate of drug-likeness (QED) is 0.489. The van der Waals surface area contributed by atoms with Crippen molar-refractivity contribution in [2.45, 2.75) is 51.0 Å². The molecule has 31 heavy (non-hydrogen) atoms. The van der Waals surface area contributed by atoms with Gasteiger partial charge in [-0.15, -0.1) is 0 Å². The first kappa shape index (κ1) is 20.3. The lowest BCUT2D eigenvalue weighted by Crippen LogP contribution is -2.29. The van der Waals surface area contributed by atoms with Crippen molar-refractivity contribution in [2.75, 3.05) is 27.4 Å². The Labute approximate surface area is 182 Å². The van der Waals surface area contributed by atoms with Gasteiger partial charge in [0.2, 0.25) is 0 Å². The van der Waals surface area contributed by atoms with Crippen LogP contribution in [0.3, 0.4) is 0 Å². The third-order valence-electron chi connectivity index (χ3n) is 7.37.